The SMILES string of the molecule is CCC(C(=O)OCc1ccccc1)C(=O)OCc1ccccc1C1(O)NC(O)c2cc(C(=O)O)ccc21. The molecule has 0 bridgehead atoms. The van der Waals surface area contributed by atoms with E-state index in [1.807, 2.05) is 30.3 Å². The Kier molecular flexibility index (Phi) is 7.68. The number of carbonyl (C=O) groups excluding carboxylic acids is 2. The Labute approximate surface area is 213 Å². The number of fused-ring (bicyclic) bond motifs is 1. The van der Waals surface area contributed by atoms with Gasteiger partial charge < -0.3 is 24.8 Å². The molecule has 0 aliphatic carbocycles. The van der Waals surface area contributed by atoms with E-state index in [9.17, 15) is 29.7 Å². The number of aromatic carboxylic acids is 1. The average molecular weight is 506 g/mol. The van der Waals surface area contributed by atoms with Crippen molar-refractivity contribution in [1.82, 2.24) is 5.32 Å². The van der Waals surface area contributed by atoms with E-state index < -0.39 is 35.8 Å². The maximum absolute atomic E-state index is 12.8. The van der Waals surface area contributed by atoms with Crippen LogP contribution in [0.3, 0.4) is 0 Å². The van der Waals surface area contributed by atoms with Gasteiger partial charge in [0.15, 0.2) is 11.6 Å². The van der Waals surface area contributed by atoms with Crippen LogP contribution in [-0.2, 0) is 38.0 Å². The van der Waals surface area contributed by atoms with E-state index in [1.165, 1.54) is 18.2 Å². The molecule has 0 saturated carbocycles. The fourth-order valence-corrected chi connectivity index (χ4v) is 4.34. The first-order valence-corrected chi connectivity index (χ1v) is 11.8. The molecule has 3 aromatic rings. The van der Waals surface area contributed by atoms with Crippen molar-refractivity contribution in [1.29, 1.82) is 0 Å². The van der Waals surface area contributed by atoms with Gasteiger partial charge in [0, 0.05) is 16.7 Å². The fourth-order valence-electron chi connectivity index (χ4n) is 4.34. The first-order chi connectivity index (χ1) is 17.7. The summed E-state index contributed by atoms with van der Waals surface area (Å²) in [5, 5.41) is 34.0. The van der Waals surface area contributed by atoms with Gasteiger partial charge in [-0.05, 0) is 29.7 Å². The van der Waals surface area contributed by atoms with E-state index in [0.717, 1.165) is 5.56 Å². The van der Waals surface area contributed by atoms with E-state index in [0.29, 0.717) is 11.1 Å². The van der Waals surface area contributed by atoms with Gasteiger partial charge >= 0.3 is 17.9 Å². The highest BCUT2D eigenvalue weighted by Crippen LogP contribution is 2.41. The molecule has 0 saturated heterocycles. The quantitative estimate of drug-likeness (QED) is 0.255. The molecule has 4 rings (SSSR count). The molecule has 192 valence electrons. The zero-order valence-corrected chi connectivity index (χ0v) is 20.1. The molecular formula is C28H27NO8. The van der Waals surface area contributed by atoms with Gasteiger partial charge in [0.05, 0.1) is 5.56 Å². The molecule has 4 N–H and O–H groups in total. The third kappa shape index (κ3) is 5.39. The molecule has 0 fully saturated rings. The van der Waals surface area contributed by atoms with Gasteiger partial charge in [0.2, 0.25) is 0 Å². The minimum Gasteiger partial charge on any atom is -0.478 e. The number of hydrogen-bond acceptors (Lipinski definition) is 8. The zero-order chi connectivity index (χ0) is 26.6. The van der Waals surface area contributed by atoms with Crippen molar-refractivity contribution in [3.63, 3.8) is 0 Å². The lowest BCUT2D eigenvalue weighted by molar-refractivity contribution is -0.163. The van der Waals surface area contributed by atoms with Crippen LogP contribution in [0.25, 0.3) is 0 Å². The fraction of sp³-hybridized carbons (Fsp3) is 0.250. The molecule has 1 aliphatic rings. The van der Waals surface area contributed by atoms with Crippen LogP contribution in [0.5, 0.6) is 0 Å². The van der Waals surface area contributed by atoms with Gasteiger partial charge in [-0.3, -0.25) is 14.9 Å². The summed E-state index contributed by atoms with van der Waals surface area (Å²) in [7, 11) is 0. The number of hydrogen-bond donors (Lipinski definition) is 4. The van der Waals surface area contributed by atoms with Crippen LogP contribution in [-0.4, -0.2) is 33.2 Å². The molecule has 3 aromatic carbocycles. The standard InChI is InChI=1S/C28H27NO8/c1-2-20(26(33)36-15-17-8-4-3-5-9-17)27(34)37-16-19-10-6-7-11-22(19)28(35)23-13-12-18(25(31)32)14-21(23)24(30)29-28/h3-14,20,24,29-30,35H,2,15-16H2,1H3,(H,31,32). The normalized spacial score (nSPS) is 19.1. The predicted molar refractivity (Wildman–Crippen MR) is 131 cm³/mol. The van der Waals surface area contributed by atoms with Gasteiger partial charge in [-0.2, -0.15) is 0 Å². The number of carbonyl (C=O) groups is 3. The number of benzene rings is 3. The largest absolute Gasteiger partial charge is 0.478 e. The molecule has 3 atom stereocenters. The molecule has 9 heteroatoms. The van der Waals surface area contributed by atoms with Crippen LogP contribution >= 0.6 is 0 Å². The number of ether oxygens (including phenoxy) is 2. The maximum atomic E-state index is 12.8. The maximum Gasteiger partial charge on any atom is 0.335 e. The van der Waals surface area contributed by atoms with Crippen LogP contribution in [0.4, 0.5) is 0 Å². The lowest BCUT2D eigenvalue weighted by Crippen LogP contribution is -2.40. The third-order valence-electron chi connectivity index (χ3n) is 6.31. The molecule has 0 aromatic heterocycles. The molecule has 1 heterocycles. The second-order valence-corrected chi connectivity index (χ2v) is 8.68. The minimum absolute atomic E-state index is 0.0316. The van der Waals surface area contributed by atoms with Gasteiger partial charge in [-0.15, -0.1) is 0 Å². The van der Waals surface area contributed by atoms with Crippen LogP contribution in [0.1, 0.15) is 57.7 Å². The summed E-state index contributed by atoms with van der Waals surface area (Å²) < 4.78 is 10.7. The number of carboxylic acid groups (broad SMARTS) is 1. The Morgan fingerprint density at radius 3 is 2.24 bits per heavy atom. The summed E-state index contributed by atoms with van der Waals surface area (Å²) in [4.78, 5) is 36.6. The summed E-state index contributed by atoms with van der Waals surface area (Å²) in [6, 6.07) is 19.8. The van der Waals surface area contributed by atoms with Crippen molar-refractivity contribution in [3.8, 4) is 0 Å². The minimum atomic E-state index is -1.87. The van der Waals surface area contributed by atoms with Crippen molar-refractivity contribution in [2.45, 2.75) is 38.5 Å². The second kappa shape index (κ2) is 10.9. The average Bonchev–Trinajstić information content (AvgIpc) is 3.17. The first kappa shape index (κ1) is 26.0. The van der Waals surface area contributed by atoms with Crippen molar-refractivity contribution in [3.05, 3.63) is 106 Å². The Hall–Kier alpha value is -4.05. The molecular weight excluding hydrogens is 478 g/mol. The van der Waals surface area contributed by atoms with Gasteiger partial charge in [0.1, 0.15) is 19.4 Å². The first-order valence-electron chi connectivity index (χ1n) is 11.8. The smallest absolute Gasteiger partial charge is 0.335 e. The molecule has 0 radical (unpaired) electrons. The highest BCUT2D eigenvalue weighted by molar-refractivity contribution is 5.94. The number of aliphatic hydroxyl groups is 2. The van der Waals surface area contributed by atoms with E-state index in [4.69, 9.17) is 9.47 Å². The summed E-state index contributed by atoms with van der Waals surface area (Å²) in [6.45, 7) is 1.47. The molecule has 0 amide bonds. The number of carboxylic acids is 1. The summed E-state index contributed by atoms with van der Waals surface area (Å²) in [5.74, 6) is -3.72. The lowest BCUT2D eigenvalue weighted by Gasteiger charge is -2.28. The Morgan fingerprint density at radius 2 is 1.57 bits per heavy atom. The summed E-state index contributed by atoms with van der Waals surface area (Å²) in [5.41, 5.74) is 0.136. The summed E-state index contributed by atoms with van der Waals surface area (Å²) >= 11 is 0. The topological polar surface area (TPSA) is 142 Å². The van der Waals surface area contributed by atoms with E-state index in [-0.39, 0.29) is 36.3 Å². The number of esters is 2. The van der Waals surface area contributed by atoms with Crippen LogP contribution in [0.2, 0.25) is 0 Å². The van der Waals surface area contributed by atoms with E-state index in [2.05, 4.69) is 5.32 Å². The predicted octanol–water partition coefficient (Wildman–Crippen LogP) is 2.99. The molecule has 37 heavy (non-hydrogen) atoms. The zero-order valence-electron chi connectivity index (χ0n) is 20.1. The van der Waals surface area contributed by atoms with Crippen LogP contribution in [0, 0.1) is 5.92 Å². The Bertz CT molecular complexity index is 1310. The highest BCUT2D eigenvalue weighted by atomic mass is 16.6. The summed E-state index contributed by atoms with van der Waals surface area (Å²) in [6.07, 6.45) is -1.13. The van der Waals surface area contributed by atoms with E-state index >= 15 is 0 Å². The highest BCUT2D eigenvalue weighted by Gasteiger charge is 2.44. The number of rotatable bonds is 9. The van der Waals surface area contributed by atoms with Gasteiger partial charge in [-0.25, -0.2) is 4.79 Å². The van der Waals surface area contributed by atoms with E-state index in [1.54, 1.807) is 31.2 Å². The van der Waals surface area contributed by atoms with Crippen molar-refractivity contribution in [2.75, 3.05) is 0 Å². The molecule has 0 spiro atoms. The van der Waals surface area contributed by atoms with Crippen LogP contribution in [0.15, 0.2) is 72.8 Å². The monoisotopic (exact) mass is 505 g/mol. The molecule has 9 nitrogen and oxygen atoms in total. The van der Waals surface area contributed by atoms with Gasteiger partial charge in [0.25, 0.3) is 0 Å². The van der Waals surface area contributed by atoms with Crippen molar-refractivity contribution >= 4 is 17.9 Å². The number of aliphatic hydroxyl groups excluding tert-OH is 1. The molecule has 1 aliphatic heterocycles. The Morgan fingerprint density at radius 1 is 0.919 bits per heavy atom. The van der Waals surface area contributed by atoms with Crippen molar-refractivity contribution < 1.29 is 39.2 Å². The second-order valence-electron chi connectivity index (χ2n) is 8.68. The Balaban J connectivity index is 1.49. The van der Waals surface area contributed by atoms with Crippen molar-refractivity contribution in [2.24, 2.45) is 5.92 Å². The van der Waals surface area contributed by atoms with Crippen LogP contribution < -0.4 is 5.32 Å². The molecule has 3 unspecified atom stereocenters. The third-order valence-corrected chi connectivity index (χ3v) is 6.31. The lowest BCUT2D eigenvalue weighted by atomic mass is 9.90. The number of nitrogens with one attached hydrogen (secondary N) is 1. The van der Waals surface area contributed by atoms with Gasteiger partial charge in [-0.1, -0.05) is 67.6 Å².